The lowest BCUT2D eigenvalue weighted by Gasteiger charge is -2.10. The number of rotatable bonds is 6. The van der Waals surface area contributed by atoms with E-state index in [-0.39, 0.29) is 12.4 Å². The minimum atomic E-state index is -0.703. The van der Waals surface area contributed by atoms with Crippen LogP contribution in [0.3, 0.4) is 0 Å². The molecule has 0 amide bonds. The van der Waals surface area contributed by atoms with Gasteiger partial charge in [0.15, 0.2) is 17.4 Å². The molecule has 5 nitrogen and oxygen atoms in total. The molecule has 1 aromatic carbocycles. The van der Waals surface area contributed by atoms with E-state index >= 15 is 0 Å². The third-order valence-corrected chi connectivity index (χ3v) is 2.93. The highest BCUT2D eigenvalue weighted by atomic mass is 19.1. The molecule has 1 atom stereocenters. The van der Waals surface area contributed by atoms with Crippen molar-refractivity contribution in [1.82, 2.24) is 14.8 Å². The van der Waals surface area contributed by atoms with Gasteiger partial charge in [0.2, 0.25) is 0 Å². The second-order valence-electron chi connectivity index (χ2n) is 4.55. The van der Waals surface area contributed by atoms with Crippen LogP contribution in [0.4, 0.5) is 4.39 Å². The van der Waals surface area contributed by atoms with Crippen molar-refractivity contribution in [3.63, 3.8) is 0 Å². The van der Waals surface area contributed by atoms with Crippen LogP contribution in [0.1, 0.15) is 37.8 Å². The average Bonchev–Trinajstić information content (AvgIpc) is 2.85. The van der Waals surface area contributed by atoms with Crippen molar-refractivity contribution >= 4 is 0 Å². The molecule has 0 aliphatic rings. The smallest absolute Gasteiger partial charge is 0.165 e. The Hall–Kier alpha value is -1.95. The van der Waals surface area contributed by atoms with Crippen LogP contribution < -0.4 is 4.74 Å². The number of aromatic nitrogens is 3. The molecule has 2 aromatic rings. The Balaban J connectivity index is 2.05. The van der Waals surface area contributed by atoms with E-state index in [0.29, 0.717) is 11.4 Å². The molecule has 0 fully saturated rings. The predicted octanol–water partition coefficient (Wildman–Crippen LogP) is 2.46. The highest BCUT2D eigenvalue weighted by Crippen LogP contribution is 2.22. The number of aryl methyl sites for hydroxylation is 1. The lowest BCUT2D eigenvalue weighted by atomic mass is 10.1. The highest BCUT2D eigenvalue weighted by Gasteiger charge is 2.10. The van der Waals surface area contributed by atoms with Crippen molar-refractivity contribution in [2.45, 2.75) is 39.5 Å². The summed E-state index contributed by atoms with van der Waals surface area (Å²) in [7, 11) is 0. The van der Waals surface area contributed by atoms with Gasteiger partial charge in [-0.2, -0.15) is 5.10 Å². The molecule has 6 heteroatoms. The monoisotopic (exact) mass is 279 g/mol. The summed E-state index contributed by atoms with van der Waals surface area (Å²) < 4.78 is 21.0. The van der Waals surface area contributed by atoms with Crippen molar-refractivity contribution in [3.05, 3.63) is 41.7 Å². The van der Waals surface area contributed by atoms with Gasteiger partial charge in [0, 0.05) is 6.54 Å². The van der Waals surface area contributed by atoms with Crippen molar-refractivity contribution in [2.75, 3.05) is 0 Å². The summed E-state index contributed by atoms with van der Waals surface area (Å²) in [5.41, 5.74) is 0.518. The Bertz CT molecular complexity index is 569. The van der Waals surface area contributed by atoms with E-state index in [1.807, 2.05) is 6.92 Å². The van der Waals surface area contributed by atoms with Crippen LogP contribution in [0, 0.1) is 5.82 Å². The second kappa shape index (κ2) is 6.47. The molecule has 0 spiro atoms. The number of nitrogens with zero attached hydrogens (tertiary/aromatic N) is 3. The molecule has 0 aliphatic heterocycles. The minimum Gasteiger partial charge on any atom is -0.483 e. The van der Waals surface area contributed by atoms with Gasteiger partial charge < -0.3 is 9.84 Å². The topological polar surface area (TPSA) is 60.2 Å². The molecule has 108 valence electrons. The number of hydrogen-bond donors (Lipinski definition) is 1. The molecule has 2 rings (SSSR count). The van der Waals surface area contributed by atoms with E-state index in [1.165, 1.54) is 18.5 Å². The molecule has 0 aliphatic carbocycles. The van der Waals surface area contributed by atoms with E-state index in [1.54, 1.807) is 17.7 Å². The molecule has 0 saturated heterocycles. The van der Waals surface area contributed by atoms with E-state index in [0.717, 1.165) is 13.0 Å². The zero-order valence-electron chi connectivity index (χ0n) is 11.6. The zero-order chi connectivity index (χ0) is 14.5. The molecule has 0 saturated carbocycles. The van der Waals surface area contributed by atoms with Gasteiger partial charge in [0.25, 0.3) is 0 Å². The van der Waals surface area contributed by atoms with E-state index < -0.39 is 11.9 Å². The molecule has 1 N–H and O–H groups in total. The quantitative estimate of drug-likeness (QED) is 0.882. The van der Waals surface area contributed by atoms with Gasteiger partial charge in [0.1, 0.15) is 12.9 Å². The summed E-state index contributed by atoms with van der Waals surface area (Å²) in [6.45, 7) is 4.54. The minimum absolute atomic E-state index is 0.139. The first-order chi connectivity index (χ1) is 9.61. The summed E-state index contributed by atoms with van der Waals surface area (Å²) in [5.74, 6) is 0.302. The number of hydrogen-bond acceptors (Lipinski definition) is 4. The lowest BCUT2D eigenvalue weighted by Crippen LogP contribution is -2.09. The summed E-state index contributed by atoms with van der Waals surface area (Å²) in [6.07, 6.45) is 1.70. The van der Waals surface area contributed by atoms with Gasteiger partial charge in [-0.05, 0) is 31.0 Å². The van der Waals surface area contributed by atoms with Crippen molar-refractivity contribution in [3.8, 4) is 5.75 Å². The summed E-state index contributed by atoms with van der Waals surface area (Å²) in [4.78, 5) is 4.09. The number of aliphatic hydroxyl groups excluding tert-OH is 1. The largest absolute Gasteiger partial charge is 0.483 e. The second-order valence-corrected chi connectivity index (χ2v) is 4.55. The third-order valence-electron chi connectivity index (χ3n) is 2.93. The van der Waals surface area contributed by atoms with Crippen LogP contribution in [-0.4, -0.2) is 19.9 Å². The van der Waals surface area contributed by atoms with E-state index in [4.69, 9.17) is 4.74 Å². The fourth-order valence-corrected chi connectivity index (χ4v) is 1.83. The third kappa shape index (κ3) is 3.33. The summed E-state index contributed by atoms with van der Waals surface area (Å²) >= 11 is 0. The van der Waals surface area contributed by atoms with E-state index in [2.05, 4.69) is 10.1 Å². The lowest BCUT2D eigenvalue weighted by molar-refractivity contribution is 0.198. The Labute approximate surface area is 117 Å². The van der Waals surface area contributed by atoms with Crippen LogP contribution in [0.25, 0.3) is 0 Å². The molecule has 0 bridgehead atoms. The van der Waals surface area contributed by atoms with Gasteiger partial charge in [-0.1, -0.05) is 13.0 Å². The first-order valence-corrected chi connectivity index (χ1v) is 6.58. The molecule has 0 unspecified atom stereocenters. The molecule has 20 heavy (non-hydrogen) atoms. The van der Waals surface area contributed by atoms with Crippen LogP contribution in [-0.2, 0) is 13.2 Å². The highest BCUT2D eigenvalue weighted by molar-refractivity contribution is 5.30. The van der Waals surface area contributed by atoms with Gasteiger partial charge in [0.05, 0.1) is 6.10 Å². The first-order valence-electron chi connectivity index (χ1n) is 6.58. The number of benzene rings is 1. The number of halogens is 1. The molecular weight excluding hydrogens is 261 g/mol. The van der Waals surface area contributed by atoms with Crippen LogP contribution >= 0.6 is 0 Å². The van der Waals surface area contributed by atoms with Crippen molar-refractivity contribution < 1.29 is 14.2 Å². The Morgan fingerprint density at radius 1 is 1.45 bits per heavy atom. The maximum atomic E-state index is 13.8. The average molecular weight is 279 g/mol. The Kier molecular flexibility index (Phi) is 4.68. The van der Waals surface area contributed by atoms with Crippen LogP contribution in [0.2, 0.25) is 0 Å². The van der Waals surface area contributed by atoms with Gasteiger partial charge >= 0.3 is 0 Å². The fraction of sp³-hybridized carbons (Fsp3) is 0.429. The van der Waals surface area contributed by atoms with Gasteiger partial charge in [-0.3, -0.25) is 0 Å². The van der Waals surface area contributed by atoms with Crippen molar-refractivity contribution in [2.24, 2.45) is 0 Å². The standard InChI is InChI=1S/C14H18FN3O2/c1-3-6-18-14(16-9-17-18)8-20-13-5-4-11(10(2)19)7-12(13)15/h4-5,7,9-10,19H,3,6,8H2,1-2H3/t10-/m1/s1. The normalized spacial score (nSPS) is 12.4. The maximum absolute atomic E-state index is 13.8. The Morgan fingerprint density at radius 2 is 2.25 bits per heavy atom. The van der Waals surface area contributed by atoms with E-state index in [9.17, 15) is 9.50 Å². The molecular formula is C14H18FN3O2. The SMILES string of the molecule is CCCn1ncnc1COc1ccc([C@@H](C)O)cc1F. The number of ether oxygens (including phenoxy) is 1. The first kappa shape index (κ1) is 14.5. The van der Waals surface area contributed by atoms with Crippen LogP contribution in [0.15, 0.2) is 24.5 Å². The summed E-state index contributed by atoms with van der Waals surface area (Å²) in [6, 6.07) is 4.43. The maximum Gasteiger partial charge on any atom is 0.165 e. The molecule has 1 heterocycles. The molecule has 1 aromatic heterocycles. The van der Waals surface area contributed by atoms with Crippen LogP contribution in [0.5, 0.6) is 5.75 Å². The molecule has 0 radical (unpaired) electrons. The summed E-state index contributed by atoms with van der Waals surface area (Å²) in [5, 5.41) is 13.5. The fourth-order valence-electron chi connectivity index (χ4n) is 1.83. The predicted molar refractivity (Wildman–Crippen MR) is 71.7 cm³/mol. The van der Waals surface area contributed by atoms with Gasteiger partial charge in [-0.15, -0.1) is 0 Å². The zero-order valence-corrected chi connectivity index (χ0v) is 11.6. The number of aliphatic hydroxyl groups is 1. The Morgan fingerprint density at radius 3 is 2.90 bits per heavy atom. The van der Waals surface area contributed by atoms with Gasteiger partial charge in [-0.25, -0.2) is 14.1 Å². The van der Waals surface area contributed by atoms with Crippen molar-refractivity contribution in [1.29, 1.82) is 0 Å².